The summed E-state index contributed by atoms with van der Waals surface area (Å²) in [5.41, 5.74) is 2.01. The van der Waals surface area contributed by atoms with E-state index in [1.807, 2.05) is 39.8 Å². The summed E-state index contributed by atoms with van der Waals surface area (Å²) < 4.78 is 7.92. The van der Waals surface area contributed by atoms with Gasteiger partial charge in [-0.05, 0) is 57.0 Å². The van der Waals surface area contributed by atoms with E-state index in [9.17, 15) is 9.59 Å². The molecule has 4 rings (SSSR count). The zero-order chi connectivity index (χ0) is 20.9. The molecule has 0 radical (unpaired) electrons. The lowest BCUT2D eigenvalue weighted by Crippen LogP contribution is -2.25. The van der Waals surface area contributed by atoms with Gasteiger partial charge in [0.05, 0.1) is 5.39 Å². The number of benzene rings is 1. The number of hydrogen-bond donors (Lipinski definition) is 0. The third kappa shape index (κ3) is 3.69. The quantitative estimate of drug-likeness (QED) is 0.205. The van der Waals surface area contributed by atoms with Crippen LogP contribution in [0.25, 0.3) is 21.2 Å². The number of fused-ring (bicyclic) bond motifs is 2. The van der Waals surface area contributed by atoms with Gasteiger partial charge in [-0.1, -0.05) is 27.7 Å². The van der Waals surface area contributed by atoms with Crippen LogP contribution >= 0.6 is 39.0 Å². The van der Waals surface area contributed by atoms with Gasteiger partial charge in [0.1, 0.15) is 10.4 Å². The Morgan fingerprint density at radius 3 is 2.72 bits per heavy atom. The summed E-state index contributed by atoms with van der Waals surface area (Å²) in [6, 6.07) is 7.13. The zero-order valence-corrected chi connectivity index (χ0v) is 19.6. The number of nitrogens with zero attached hydrogens (tertiary/aromatic N) is 2. The maximum Gasteiger partial charge on any atom is 0.336 e. The van der Waals surface area contributed by atoms with E-state index in [0.717, 1.165) is 30.7 Å². The van der Waals surface area contributed by atoms with Gasteiger partial charge in [-0.25, -0.2) is 9.78 Å². The Bertz CT molecular complexity index is 1370. The van der Waals surface area contributed by atoms with Crippen LogP contribution in [0.15, 0.2) is 47.9 Å². The number of thiophene rings is 1. The van der Waals surface area contributed by atoms with Crippen molar-refractivity contribution >= 4 is 60.2 Å². The molecule has 0 saturated carbocycles. The molecule has 29 heavy (non-hydrogen) atoms. The zero-order valence-electron chi connectivity index (χ0n) is 16.4. The van der Waals surface area contributed by atoms with Crippen LogP contribution in [-0.4, -0.2) is 9.55 Å². The molecular weight excluding hydrogens is 472 g/mol. The van der Waals surface area contributed by atoms with Crippen LogP contribution in [0.3, 0.4) is 0 Å². The molecule has 1 aromatic carbocycles. The Kier molecular flexibility index (Phi) is 5.44. The highest BCUT2D eigenvalue weighted by Gasteiger charge is 2.19. The van der Waals surface area contributed by atoms with Gasteiger partial charge in [-0.3, -0.25) is 9.36 Å². The topological polar surface area (TPSA) is 65.1 Å². The predicted molar refractivity (Wildman–Crippen MR) is 123 cm³/mol. The van der Waals surface area contributed by atoms with Gasteiger partial charge in [0.2, 0.25) is 0 Å². The number of hydrogen-bond acceptors (Lipinski definition) is 6. The Morgan fingerprint density at radius 1 is 1.24 bits per heavy atom. The molecule has 0 saturated heterocycles. The molecule has 0 N–H and O–H groups in total. The molecule has 0 aliphatic carbocycles. The van der Waals surface area contributed by atoms with Crippen molar-refractivity contribution in [3.63, 3.8) is 0 Å². The van der Waals surface area contributed by atoms with Crippen LogP contribution in [0, 0.1) is 13.8 Å². The SMILES string of the molecule is Cc1sc2nc(SCc3cc(=O)oc4cc(Br)ccc34)n(C(C)C)c(=O)c2c1C. The third-order valence-electron chi connectivity index (χ3n) is 4.87. The third-order valence-corrected chi connectivity index (χ3v) is 7.46. The molecule has 0 atom stereocenters. The van der Waals surface area contributed by atoms with Gasteiger partial charge < -0.3 is 4.42 Å². The largest absolute Gasteiger partial charge is 0.423 e. The lowest BCUT2D eigenvalue weighted by molar-refractivity contribution is 0.519. The van der Waals surface area contributed by atoms with E-state index in [0.29, 0.717) is 21.9 Å². The van der Waals surface area contributed by atoms with Crippen molar-refractivity contribution in [1.82, 2.24) is 9.55 Å². The van der Waals surface area contributed by atoms with Gasteiger partial charge in [0.25, 0.3) is 5.56 Å². The molecule has 3 heterocycles. The van der Waals surface area contributed by atoms with Crippen LogP contribution in [-0.2, 0) is 5.75 Å². The highest BCUT2D eigenvalue weighted by Crippen LogP contribution is 2.32. The molecular formula is C21H19BrN2O3S2. The molecule has 8 heteroatoms. The van der Waals surface area contributed by atoms with Gasteiger partial charge >= 0.3 is 5.63 Å². The summed E-state index contributed by atoms with van der Waals surface area (Å²) in [6.07, 6.45) is 0. The molecule has 0 aliphatic heterocycles. The lowest BCUT2D eigenvalue weighted by Gasteiger charge is -2.15. The first-order valence-corrected chi connectivity index (χ1v) is 11.7. The van der Waals surface area contributed by atoms with Crippen molar-refractivity contribution < 1.29 is 4.42 Å². The highest BCUT2D eigenvalue weighted by atomic mass is 79.9. The Labute approximate surface area is 183 Å². The Morgan fingerprint density at radius 2 is 2.00 bits per heavy atom. The fraction of sp³-hybridized carbons (Fsp3) is 0.286. The van der Waals surface area contributed by atoms with Gasteiger partial charge in [0, 0.05) is 32.6 Å². The van der Waals surface area contributed by atoms with E-state index in [-0.39, 0.29) is 17.2 Å². The fourth-order valence-electron chi connectivity index (χ4n) is 3.31. The Hall–Kier alpha value is -1.90. The molecule has 5 nitrogen and oxygen atoms in total. The van der Waals surface area contributed by atoms with E-state index < -0.39 is 0 Å². The number of rotatable bonds is 4. The lowest BCUT2D eigenvalue weighted by atomic mass is 10.1. The average Bonchev–Trinajstić information content (AvgIpc) is 2.92. The number of thioether (sulfide) groups is 1. The first-order valence-electron chi connectivity index (χ1n) is 9.13. The minimum absolute atomic E-state index is 0.00397. The van der Waals surface area contributed by atoms with Crippen molar-refractivity contribution in [2.75, 3.05) is 0 Å². The van der Waals surface area contributed by atoms with Crippen LogP contribution in [0.2, 0.25) is 0 Å². The highest BCUT2D eigenvalue weighted by molar-refractivity contribution is 9.10. The monoisotopic (exact) mass is 490 g/mol. The van der Waals surface area contributed by atoms with Gasteiger partial charge in [-0.15, -0.1) is 11.3 Å². The number of aryl methyl sites for hydroxylation is 2. The van der Waals surface area contributed by atoms with E-state index in [4.69, 9.17) is 9.40 Å². The minimum atomic E-state index is -0.389. The smallest absolute Gasteiger partial charge is 0.336 e. The van der Waals surface area contributed by atoms with E-state index in [1.54, 1.807) is 22.0 Å². The second-order valence-corrected chi connectivity index (χ2v) is 10.2. The first kappa shape index (κ1) is 20.4. The van der Waals surface area contributed by atoms with Crippen LogP contribution in [0.4, 0.5) is 0 Å². The molecule has 4 aromatic rings. The molecule has 0 aliphatic rings. The van der Waals surface area contributed by atoms with E-state index in [1.165, 1.54) is 17.8 Å². The van der Waals surface area contributed by atoms with Crippen LogP contribution in [0.1, 0.15) is 35.9 Å². The summed E-state index contributed by atoms with van der Waals surface area (Å²) >= 11 is 6.42. The maximum absolute atomic E-state index is 13.2. The normalized spacial score (nSPS) is 11.8. The van der Waals surface area contributed by atoms with Crippen LogP contribution in [0.5, 0.6) is 0 Å². The van der Waals surface area contributed by atoms with Crippen molar-refractivity contribution in [3.05, 3.63) is 65.5 Å². The summed E-state index contributed by atoms with van der Waals surface area (Å²) in [5, 5.41) is 2.25. The van der Waals surface area contributed by atoms with Gasteiger partial charge in [0.15, 0.2) is 5.16 Å². The van der Waals surface area contributed by atoms with Crippen molar-refractivity contribution in [2.45, 2.75) is 44.6 Å². The predicted octanol–water partition coefficient (Wildman–Crippen LogP) is 5.82. The Balaban J connectivity index is 1.81. The van der Waals surface area contributed by atoms with Crippen LogP contribution < -0.4 is 11.2 Å². The van der Waals surface area contributed by atoms with Crippen molar-refractivity contribution in [2.24, 2.45) is 0 Å². The fourth-order valence-corrected chi connectivity index (χ4v) is 5.84. The van der Waals surface area contributed by atoms with Gasteiger partial charge in [-0.2, -0.15) is 0 Å². The second-order valence-electron chi connectivity index (χ2n) is 7.15. The molecule has 0 fully saturated rings. The maximum atomic E-state index is 13.2. The molecule has 0 amide bonds. The molecule has 3 aromatic heterocycles. The first-order chi connectivity index (χ1) is 13.8. The second kappa shape index (κ2) is 7.74. The average molecular weight is 491 g/mol. The molecule has 150 valence electrons. The summed E-state index contributed by atoms with van der Waals surface area (Å²) in [6.45, 7) is 7.96. The van der Waals surface area contributed by atoms with Crippen molar-refractivity contribution in [3.8, 4) is 0 Å². The van der Waals surface area contributed by atoms with E-state index in [2.05, 4.69) is 15.9 Å². The summed E-state index contributed by atoms with van der Waals surface area (Å²) in [5.74, 6) is 0.512. The van der Waals surface area contributed by atoms with Crippen molar-refractivity contribution in [1.29, 1.82) is 0 Å². The number of halogens is 1. The molecule has 0 bridgehead atoms. The summed E-state index contributed by atoms with van der Waals surface area (Å²) in [4.78, 5) is 31.9. The summed E-state index contributed by atoms with van der Waals surface area (Å²) in [7, 11) is 0. The molecule has 0 unspecified atom stereocenters. The molecule has 0 spiro atoms. The van der Waals surface area contributed by atoms with E-state index >= 15 is 0 Å². The standard InChI is InChI=1S/C21H19BrN2O3S2/c1-10(2)24-20(26)18-11(3)12(4)29-19(18)23-21(24)28-9-13-7-17(25)27-16-8-14(22)5-6-15(13)16/h5-8,10H,9H2,1-4H3. The number of aromatic nitrogens is 2. The minimum Gasteiger partial charge on any atom is -0.423 e.